The molecule has 18 heavy (non-hydrogen) atoms. The van der Waals surface area contributed by atoms with Crippen LogP contribution in [0.4, 0.5) is 0 Å². The lowest BCUT2D eigenvalue weighted by Crippen LogP contribution is -2.37. The number of hydrogen-bond acceptors (Lipinski definition) is 5. The number of nitrogens with one attached hydrogen (secondary N) is 1. The van der Waals surface area contributed by atoms with Crippen molar-refractivity contribution in [2.75, 3.05) is 13.1 Å². The van der Waals surface area contributed by atoms with E-state index in [1.54, 1.807) is 6.92 Å². The minimum Gasteiger partial charge on any atom is -0.459 e. The molecule has 108 valence electrons. The first kappa shape index (κ1) is 17.4. The van der Waals surface area contributed by atoms with E-state index in [0.717, 1.165) is 19.4 Å². The number of nitrogens with two attached hydrogens (primary N) is 1. The summed E-state index contributed by atoms with van der Waals surface area (Å²) in [6.07, 6.45) is 2.11. The van der Waals surface area contributed by atoms with Crippen LogP contribution in [0.5, 0.6) is 0 Å². The zero-order chi connectivity index (χ0) is 14.2. The Morgan fingerprint density at radius 2 is 2.00 bits per heavy atom. The molecule has 4 N–H and O–H groups in total. The summed E-state index contributed by atoms with van der Waals surface area (Å²) in [5.41, 5.74) is 5.27. The van der Waals surface area contributed by atoms with Gasteiger partial charge in [-0.25, -0.2) is 0 Å². The van der Waals surface area contributed by atoms with Crippen molar-refractivity contribution in [1.82, 2.24) is 5.32 Å². The summed E-state index contributed by atoms with van der Waals surface area (Å²) < 4.78 is 5.20. The molecule has 0 heterocycles. The van der Waals surface area contributed by atoms with E-state index in [2.05, 4.69) is 5.32 Å². The van der Waals surface area contributed by atoms with Crippen molar-refractivity contribution in [2.45, 2.75) is 64.7 Å². The highest BCUT2D eigenvalue weighted by Crippen LogP contribution is 2.10. The van der Waals surface area contributed by atoms with Gasteiger partial charge in [-0.05, 0) is 47.1 Å². The van der Waals surface area contributed by atoms with Crippen molar-refractivity contribution in [3.8, 4) is 0 Å². The van der Waals surface area contributed by atoms with E-state index in [1.807, 2.05) is 20.8 Å². The fraction of sp³-hybridized carbons (Fsp3) is 0.923. The van der Waals surface area contributed by atoms with Gasteiger partial charge in [0.25, 0.3) is 0 Å². The standard InChI is InChI=1S/C13H28N2O3/c1-10(16)9-15-8-6-5-7-11(14)12(17)18-13(2,3)4/h10-11,15-16H,5-9,14H2,1-4H3. The van der Waals surface area contributed by atoms with Crippen LogP contribution in [-0.4, -0.2) is 41.9 Å². The number of carbonyl (C=O) groups excluding carboxylic acids is 1. The fourth-order valence-electron chi connectivity index (χ4n) is 1.42. The zero-order valence-corrected chi connectivity index (χ0v) is 12.0. The molecule has 0 bridgehead atoms. The van der Waals surface area contributed by atoms with Crippen molar-refractivity contribution in [2.24, 2.45) is 5.73 Å². The van der Waals surface area contributed by atoms with E-state index >= 15 is 0 Å². The smallest absolute Gasteiger partial charge is 0.323 e. The van der Waals surface area contributed by atoms with Crippen molar-refractivity contribution in [3.63, 3.8) is 0 Å². The van der Waals surface area contributed by atoms with E-state index in [-0.39, 0.29) is 12.1 Å². The third-order valence-electron chi connectivity index (χ3n) is 2.27. The van der Waals surface area contributed by atoms with Gasteiger partial charge in [-0.15, -0.1) is 0 Å². The average Bonchev–Trinajstić information content (AvgIpc) is 2.19. The molecule has 0 spiro atoms. The highest BCUT2D eigenvalue weighted by Gasteiger charge is 2.21. The summed E-state index contributed by atoms with van der Waals surface area (Å²) in [5.74, 6) is -0.334. The highest BCUT2D eigenvalue weighted by molar-refractivity contribution is 5.75. The van der Waals surface area contributed by atoms with Crippen LogP contribution >= 0.6 is 0 Å². The van der Waals surface area contributed by atoms with Gasteiger partial charge in [0.2, 0.25) is 0 Å². The minimum absolute atomic E-state index is 0.325. The quantitative estimate of drug-likeness (QED) is 0.444. The van der Waals surface area contributed by atoms with Crippen molar-refractivity contribution >= 4 is 5.97 Å². The lowest BCUT2D eigenvalue weighted by Gasteiger charge is -2.22. The van der Waals surface area contributed by atoms with E-state index in [9.17, 15) is 4.79 Å². The first-order valence-electron chi connectivity index (χ1n) is 6.59. The second kappa shape index (κ2) is 8.45. The summed E-state index contributed by atoms with van der Waals surface area (Å²) in [5, 5.41) is 12.2. The predicted octanol–water partition coefficient (Wildman–Crippen LogP) is 0.796. The Morgan fingerprint density at radius 3 is 2.50 bits per heavy atom. The monoisotopic (exact) mass is 260 g/mol. The van der Waals surface area contributed by atoms with Gasteiger partial charge in [-0.3, -0.25) is 4.79 Å². The van der Waals surface area contributed by atoms with Gasteiger partial charge in [0, 0.05) is 6.54 Å². The number of carbonyl (C=O) groups is 1. The molecular formula is C13H28N2O3. The third kappa shape index (κ3) is 10.5. The number of aliphatic hydroxyl groups excluding tert-OH is 1. The minimum atomic E-state index is -0.541. The fourth-order valence-corrected chi connectivity index (χ4v) is 1.42. The van der Waals surface area contributed by atoms with Gasteiger partial charge in [0.05, 0.1) is 6.10 Å². The van der Waals surface area contributed by atoms with Crippen LogP contribution in [-0.2, 0) is 9.53 Å². The molecule has 5 heteroatoms. The van der Waals surface area contributed by atoms with Gasteiger partial charge in [0.15, 0.2) is 0 Å². The summed E-state index contributed by atoms with van der Waals surface area (Å²) in [6.45, 7) is 8.66. The van der Waals surface area contributed by atoms with Crippen LogP contribution in [0.3, 0.4) is 0 Å². The molecule has 0 saturated heterocycles. The summed E-state index contributed by atoms with van der Waals surface area (Å²) in [6, 6.07) is -0.541. The number of aliphatic hydroxyl groups is 1. The van der Waals surface area contributed by atoms with E-state index in [4.69, 9.17) is 15.6 Å². The Balaban J connectivity index is 3.58. The Kier molecular flexibility index (Phi) is 8.15. The molecule has 0 aliphatic carbocycles. The molecule has 0 rings (SSSR count). The number of hydrogen-bond donors (Lipinski definition) is 3. The first-order chi connectivity index (χ1) is 8.22. The van der Waals surface area contributed by atoms with E-state index < -0.39 is 11.6 Å². The van der Waals surface area contributed by atoms with Crippen LogP contribution in [0.15, 0.2) is 0 Å². The lowest BCUT2D eigenvalue weighted by atomic mass is 10.1. The average molecular weight is 260 g/mol. The van der Waals surface area contributed by atoms with Crippen molar-refractivity contribution in [3.05, 3.63) is 0 Å². The van der Waals surface area contributed by atoms with Gasteiger partial charge in [-0.1, -0.05) is 6.42 Å². The van der Waals surface area contributed by atoms with Crippen LogP contribution in [0.25, 0.3) is 0 Å². The molecule has 2 unspecified atom stereocenters. The maximum atomic E-state index is 11.6. The maximum absolute atomic E-state index is 11.6. The molecule has 0 aliphatic heterocycles. The summed E-state index contributed by atoms with van der Waals surface area (Å²) >= 11 is 0. The van der Waals surface area contributed by atoms with Crippen LogP contribution < -0.4 is 11.1 Å². The number of unbranched alkanes of at least 4 members (excludes halogenated alkanes) is 1. The highest BCUT2D eigenvalue weighted by atomic mass is 16.6. The number of ether oxygens (including phenoxy) is 1. The van der Waals surface area contributed by atoms with Crippen LogP contribution in [0, 0.1) is 0 Å². The lowest BCUT2D eigenvalue weighted by molar-refractivity contribution is -0.156. The number of rotatable bonds is 8. The van der Waals surface area contributed by atoms with Gasteiger partial charge in [0.1, 0.15) is 11.6 Å². The normalized spacial score (nSPS) is 15.2. The second-order valence-corrected chi connectivity index (χ2v) is 5.69. The molecule has 0 saturated carbocycles. The molecule has 0 aromatic carbocycles. The molecule has 0 aromatic rings. The third-order valence-corrected chi connectivity index (χ3v) is 2.27. The van der Waals surface area contributed by atoms with Crippen molar-refractivity contribution in [1.29, 1.82) is 0 Å². The molecule has 0 fully saturated rings. The largest absolute Gasteiger partial charge is 0.459 e. The van der Waals surface area contributed by atoms with Crippen molar-refractivity contribution < 1.29 is 14.6 Å². The Hall–Kier alpha value is -0.650. The first-order valence-corrected chi connectivity index (χ1v) is 6.59. The Labute approximate surface area is 110 Å². The summed E-state index contributed by atoms with van der Waals surface area (Å²) in [4.78, 5) is 11.6. The summed E-state index contributed by atoms with van der Waals surface area (Å²) in [7, 11) is 0. The van der Waals surface area contributed by atoms with E-state index in [1.165, 1.54) is 0 Å². The molecule has 2 atom stereocenters. The molecular weight excluding hydrogens is 232 g/mol. The predicted molar refractivity (Wildman–Crippen MR) is 72.2 cm³/mol. The molecule has 0 aliphatic rings. The molecule has 0 aromatic heterocycles. The van der Waals surface area contributed by atoms with Gasteiger partial charge in [-0.2, -0.15) is 0 Å². The topological polar surface area (TPSA) is 84.6 Å². The molecule has 0 amide bonds. The SMILES string of the molecule is CC(O)CNCCCCC(N)C(=O)OC(C)(C)C. The van der Waals surface area contributed by atoms with Crippen LogP contribution in [0.2, 0.25) is 0 Å². The van der Waals surface area contributed by atoms with Gasteiger partial charge < -0.3 is 20.9 Å². The molecule has 0 radical (unpaired) electrons. The Morgan fingerprint density at radius 1 is 1.39 bits per heavy atom. The second-order valence-electron chi connectivity index (χ2n) is 5.69. The maximum Gasteiger partial charge on any atom is 0.323 e. The van der Waals surface area contributed by atoms with E-state index in [0.29, 0.717) is 13.0 Å². The molecule has 5 nitrogen and oxygen atoms in total. The zero-order valence-electron chi connectivity index (χ0n) is 12.0. The van der Waals surface area contributed by atoms with Gasteiger partial charge >= 0.3 is 5.97 Å². The Bertz CT molecular complexity index is 237. The number of esters is 1. The van der Waals surface area contributed by atoms with Crippen LogP contribution in [0.1, 0.15) is 47.0 Å².